The van der Waals surface area contributed by atoms with Crippen LogP contribution in [0.15, 0.2) is 114 Å². The molecule has 5 heteroatoms. The highest BCUT2D eigenvalue weighted by Crippen LogP contribution is 2.36. The zero-order valence-electron chi connectivity index (χ0n) is 19.0. The van der Waals surface area contributed by atoms with Crippen molar-refractivity contribution in [2.45, 2.75) is 0 Å². The molecule has 170 valence electrons. The fraction of sp³-hybridized carbons (Fsp3) is 0. The van der Waals surface area contributed by atoms with Crippen molar-refractivity contribution in [3.05, 3.63) is 114 Å². The zero-order valence-corrected chi connectivity index (χ0v) is 19.8. The molecule has 2 heterocycles. The van der Waals surface area contributed by atoms with Crippen LogP contribution in [0.5, 0.6) is 0 Å². The summed E-state index contributed by atoms with van der Waals surface area (Å²) in [6.45, 7) is 0. The van der Waals surface area contributed by atoms with Crippen molar-refractivity contribution in [2.75, 3.05) is 0 Å². The molecule has 0 bridgehead atoms. The Balaban J connectivity index is 1.41. The van der Waals surface area contributed by atoms with Gasteiger partial charge in [-0.3, -0.25) is 0 Å². The van der Waals surface area contributed by atoms with Crippen molar-refractivity contribution in [3.8, 4) is 33.9 Å². The highest BCUT2D eigenvalue weighted by atomic mass is 35.5. The number of benzene rings is 5. The van der Waals surface area contributed by atoms with Crippen LogP contribution in [0.1, 0.15) is 0 Å². The molecular weight excluding hydrogens is 466 g/mol. The Labute approximate surface area is 211 Å². The Morgan fingerprint density at radius 3 is 2.19 bits per heavy atom. The molecule has 7 aromatic rings. The Bertz CT molecular complexity index is 1910. The molecule has 4 nitrogen and oxygen atoms in total. The first kappa shape index (κ1) is 20.8. The van der Waals surface area contributed by atoms with E-state index >= 15 is 0 Å². The van der Waals surface area contributed by atoms with Gasteiger partial charge in [-0.25, -0.2) is 4.98 Å². The number of nitrogens with zero attached hydrogens (tertiary/aromatic N) is 3. The zero-order chi connectivity index (χ0) is 24.1. The highest BCUT2D eigenvalue weighted by Gasteiger charge is 2.16. The molecule has 2 aromatic heterocycles. The van der Waals surface area contributed by atoms with Gasteiger partial charge in [0.15, 0.2) is 11.6 Å². The minimum atomic E-state index is 0.138. The fourth-order valence-corrected chi connectivity index (χ4v) is 4.96. The third kappa shape index (κ3) is 3.43. The van der Waals surface area contributed by atoms with Gasteiger partial charge in [-0.2, -0.15) is 9.97 Å². The number of fused-ring (bicyclic) bond motifs is 4. The molecule has 7 rings (SSSR count). The van der Waals surface area contributed by atoms with E-state index in [-0.39, 0.29) is 5.28 Å². The third-order valence-corrected chi connectivity index (χ3v) is 6.65. The van der Waals surface area contributed by atoms with Gasteiger partial charge in [0.2, 0.25) is 5.28 Å². The Kier molecular flexibility index (Phi) is 4.79. The van der Waals surface area contributed by atoms with Gasteiger partial charge in [0.05, 0.1) is 5.56 Å². The first-order valence-electron chi connectivity index (χ1n) is 11.7. The Hall–Kier alpha value is -4.54. The average Bonchev–Trinajstić information content (AvgIpc) is 3.31. The summed E-state index contributed by atoms with van der Waals surface area (Å²) < 4.78 is 6.20. The topological polar surface area (TPSA) is 51.8 Å². The molecule has 0 spiro atoms. The van der Waals surface area contributed by atoms with Crippen LogP contribution in [0.3, 0.4) is 0 Å². The second-order valence-corrected chi connectivity index (χ2v) is 8.98. The van der Waals surface area contributed by atoms with E-state index in [1.807, 2.05) is 48.5 Å². The fourth-order valence-electron chi connectivity index (χ4n) is 4.80. The van der Waals surface area contributed by atoms with E-state index in [0.717, 1.165) is 55.0 Å². The third-order valence-electron chi connectivity index (χ3n) is 6.48. The first-order valence-corrected chi connectivity index (χ1v) is 12.0. The Morgan fingerprint density at radius 2 is 1.28 bits per heavy atom. The molecule has 36 heavy (non-hydrogen) atoms. The van der Waals surface area contributed by atoms with Crippen LogP contribution in [0, 0.1) is 0 Å². The number of rotatable bonds is 3. The van der Waals surface area contributed by atoms with Gasteiger partial charge in [-0.05, 0) is 51.7 Å². The lowest BCUT2D eigenvalue weighted by Crippen LogP contribution is -1.97. The van der Waals surface area contributed by atoms with E-state index in [1.54, 1.807) is 0 Å². The smallest absolute Gasteiger partial charge is 0.226 e. The van der Waals surface area contributed by atoms with Crippen LogP contribution in [0.2, 0.25) is 5.28 Å². The summed E-state index contributed by atoms with van der Waals surface area (Å²) in [5, 5.41) is 4.47. The molecule has 0 saturated carbocycles. The van der Waals surface area contributed by atoms with Gasteiger partial charge >= 0.3 is 0 Å². The van der Waals surface area contributed by atoms with Crippen LogP contribution in [-0.4, -0.2) is 15.0 Å². The standard InChI is InChI=1S/C31H18ClN3O/c32-31-34-29(21-17-16-20-10-6-12-22(26(20)18-21)19-8-2-1-3-9-19)33-30(35-31)25-14-7-13-24-23-11-4-5-15-27(23)36-28(24)25/h1-18H. The monoisotopic (exact) mass is 483 g/mol. The second-order valence-electron chi connectivity index (χ2n) is 8.64. The normalized spacial score (nSPS) is 11.5. The van der Waals surface area contributed by atoms with Gasteiger partial charge in [-0.15, -0.1) is 0 Å². The van der Waals surface area contributed by atoms with Crippen molar-refractivity contribution < 1.29 is 4.42 Å². The largest absolute Gasteiger partial charge is 0.455 e. The van der Waals surface area contributed by atoms with Gasteiger partial charge in [-0.1, -0.05) is 91.0 Å². The van der Waals surface area contributed by atoms with E-state index in [9.17, 15) is 0 Å². The summed E-state index contributed by atoms with van der Waals surface area (Å²) in [6, 6.07) is 36.9. The minimum absolute atomic E-state index is 0.138. The van der Waals surface area contributed by atoms with E-state index in [1.165, 1.54) is 0 Å². The highest BCUT2D eigenvalue weighted by molar-refractivity contribution is 6.28. The molecular formula is C31H18ClN3O. The predicted molar refractivity (Wildman–Crippen MR) is 146 cm³/mol. The molecule has 0 radical (unpaired) electrons. The molecule has 0 unspecified atom stereocenters. The van der Waals surface area contributed by atoms with E-state index in [2.05, 4.69) is 70.6 Å². The van der Waals surface area contributed by atoms with E-state index in [0.29, 0.717) is 11.6 Å². The maximum Gasteiger partial charge on any atom is 0.226 e. The average molecular weight is 484 g/mol. The molecule has 0 saturated heterocycles. The lowest BCUT2D eigenvalue weighted by atomic mass is 9.96. The van der Waals surface area contributed by atoms with Crippen molar-refractivity contribution in [1.29, 1.82) is 0 Å². The molecule has 0 aliphatic heterocycles. The lowest BCUT2D eigenvalue weighted by molar-refractivity contribution is 0.669. The molecule has 0 aliphatic carbocycles. The van der Waals surface area contributed by atoms with Crippen LogP contribution in [0.4, 0.5) is 0 Å². The van der Waals surface area contributed by atoms with Crippen molar-refractivity contribution in [3.63, 3.8) is 0 Å². The van der Waals surface area contributed by atoms with Crippen molar-refractivity contribution in [1.82, 2.24) is 15.0 Å². The number of furan rings is 1. The van der Waals surface area contributed by atoms with E-state index < -0.39 is 0 Å². The summed E-state index contributed by atoms with van der Waals surface area (Å²) in [7, 11) is 0. The number of para-hydroxylation sites is 2. The van der Waals surface area contributed by atoms with Crippen LogP contribution >= 0.6 is 11.6 Å². The van der Waals surface area contributed by atoms with Gasteiger partial charge in [0, 0.05) is 16.3 Å². The predicted octanol–water partition coefficient (Wildman–Crippen LogP) is 8.58. The minimum Gasteiger partial charge on any atom is -0.455 e. The van der Waals surface area contributed by atoms with Crippen LogP contribution in [0.25, 0.3) is 66.6 Å². The van der Waals surface area contributed by atoms with Gasteiger partial charge < -0.3 is 4.42 Å². The molecule has 5 aromatic carbocycles. The van der Waals surface area contributed by atoms with Gasteiger partial charge in [0.1, 0.15) is 11.2 Å². The maximum absolute atomic E-state index is 6.43. The summed E-state index contributed by atoms with van der Waals surface area (Å²) in [5.74, 6) is 0.994. The maximum atomic E-state index is 6.43. The quantitative estimate of drug-likeness (QED) is 0.252. The summed E-state index contributed by atoms with van der Waals surface area (Å²) in [6.07, 6.45) is 0. The molecule has 0 amide bonds. The van der Waals surface area contributed by atoms with Crippen LogP contribution in [-0.2, 0) is 0 Å². The molecule has 0 N–H and O–H groups in total. The number of halogens is 1. The van der Waals surface area contributed by atoms with Crippen molar-refractivity contribution >= 4 is 44.3 Å². The SMILES string of the molecule is Clc1nc(-c2ccc3cccc(-c4ccccc4)c3c2)nc(-c2cccc3c2oc2ccccc23)n1. The van der Waals surface area contributed by atoms with E-state index in [4.69, 9.17) is 21.0 Å². The van der Waals surface area contributed by atoms with Crippen LogP contribution < -0.4 is 0 Å². The number of hydrogen-bond acceptors (Lipinski definition) is 4. The summed E-state index contributed by atoms with van der Waals surface area (Å²) >= 11 is 6.43. The number of hydrogen-bond donors (Lipinski definition) is 0. The first-order chi connectivity index (χ1) is 17.7. The number of aromatic nitrogens is 3. The second kappa shape index (κ2) is 8.29. The summed E-state index contributed by atoms with van der Waals surface area (Å²) in [5.41, 5.74) is 5.52. The molecule has 0 atom stereocenters. The Morgan fingerprint density at radius 1 is 0.528 bits per heavy atom. The molecule has 0 aliphatic rings. The lowest BCUT2D eigenvalue weighted by Gasteiger charge is -2.10. The van der Waals surface area contributed by atoms with Crippen molar-refractivity contribution in [2.24, 2.45) is 0 Å². The summed E-state index contributed by atoms with van der Waals surface area (Å²) in [4.78, 5) is 13.8. The molecule has 0 fully saturated rings. The van der Waals surface area contributed by atoms with Gasteiger partial charge in [0.25, 0.3) is 0 Å².